The lowest BCUT2D eigenvalue weighted by molar-refractivity contribution is -0.145. The molecule has 16 heavy (non-hydrogen) atoms. The topological polar surface area (TPSA) is 58.6 Å². The van der Waals surface area contributed by atoms with Gasteiger partial charge in [0, 0.05) is 13.1 Å². The monoisotopic (exact) mass is 228 g/mol. The summed E-state index contributed by atoms with van der Waals surface area (Å²) >= 11 is 0. The van der Waals surface area contributed by atoms with Crippen LogP contribution in [0.15, 0.2) is 0 Å². The van der Waals surface area contributed by atoms with Gasteiger partial charge in [-0.3, -0.25) is 14.5 Å². The third-order valence-electron chi connectivity index (χ3n) is 3.03. The van der Waals surface area contributed by atoms with Crippen LogP contribution in [0.1, 0.15) is 20.3 Å². The summed E-state index contributed by atoms with van der Waals surface area (Å²) in [4.78, 5) is 25.0. The summed E-state index contributed by atoms with van der Waals surface area (Å²) in [6.07, 6.45) is 0.774. The number of likely N-dealkylation sites (N-methyl/N-ethyl adjacent to an activating group) is 1. The Kier molecular flexibility index (Phi) is 4.73. The molecule has 0 aromatic carbocycles. The minimum atomic E-state index is -0.175. The van der Waals surface area contributed by atoms with Crippen LogP contribution in [0.5, 0.6) is 0 Å². The van der Waals surface area contributed by atoms with Gasteiger partial charge in [-0.05, 0) is 26.8 Å². The summed E-state index contributed by atoms with van der Waals surface area (Å²) in [5.41, 5.74) is 0. The largest absolute Gasteiger partial charge is 0.469 e. The number of likely N-dealkylation sites (tertiary alicyclic amines) is 1. The molecule has 0 aliphatic carbocycles. The number of hydrogen-bond acceptors (Lipinski definition) is 4. The summed E-state index contributed by atoms with van der Waals surface area (Å²) in [7, 11) is 1.40. The molecule has 1 saturated heterocycles. The smallest absolute Gasteiger partial charge is 0.310 e. The summed E-state index contributed by atoms with van der Waals surface area (Å²) < 4.78 is 4.70. The Morgan fingerprint density at radius 1 is 1.56 bits per heavy atom. The molecule has 0 spiro atoms. The van der Waals surface area contributed by atoms with Crippen LogP contribution in [0.3, 0.4) is 0 Å². The molecule has 0 aromatic rings. The number of amides is 1. The van der Waals surface area contributed by atoms with Crippen molar-refractivity contribution in [2.24, 2.45) is 5.92 Å². The molecule has 1 amide bonds. The zero-order valence-electron chi connectivity index (χ0n) is 10.2. The van der Waals surface area contributed by atoms with E-state index < -0.39 is 0 Å². The van der Waals surface area contributed by atoms with E-state index in [-0.39, 0.29) is 23.8 Å². The zero-order chi connectivity index (χ0) is 12.1. The van der Waals surface area contributed by atoms with Gasteiger partial charge in [0.25, 0.3) is 0 Å². The molecule has 92 valence electrons. The van der Waals surface area contributed by atoms with Crippen LogP contribution in [0.4, 0.5) is 0 Å². The summed E-state index contributed by atoms with van der Waals surface area (Å²) in [5.74, 6) is -0.236. The van der Waals surface area contributed by atoms with E-state index in [1.54, 1.807) is 0 Å². The predicted molar refractivity (Wildman–Crippen MR) is 59.8 cm³/mol. The van der Waals surface area contributed by atoms with E-state index in [0.29, 0.717) is 13.1 Å². The fourth-order valence-corrected chi connectivity index (χ4v) is 1.99. The van der Waals surface area contributed by atoms with Crippen LogP contribution in [0, 0.1) is 5.92 Å². The number of rotatable bonds is 4. The summed E-state index contributed by atoms with van der Waals surface area (Å²) in [5, 5.41) is 2.78. The second kappa shape index (κ2) is 5.84. The number of hydrogen-bond donors (Lipinski definition) is 1. The van der Waals surface area contributed by atoms with Crippen LogP contribution < -0.4 is 5.32 Å². The highest BCUT2D eigenvalue weighted by atomic mass is 16.5. The second-order valence-electron chi connectivity index (χ2n) is 4.07. The Balaban J connectivity index is 2.46. The van der Waals surface area contributed by atoms with Crippen molar-refractivity contribution in [2.45, 2.75) is 26.3 Å². The molecule has 0 saturated carbocycles. The fraction of sp³-hybridized carbons (Fsp3) is 0.818. The molecular weight excluding hydrogens is 208 g/mol. The van der Waals surface area contributed by atoms with E-state index in [0.717, 1.165) is 13.0 Å². The molecule has 1 aliphatic heterocycles. The van der Waals surface area contributed by atoms with Gasteiger partial charge in [-0.15, -0.1) is 0 Å². The van der Waals surface area contributed by atoms with Crippen molar-refractivity contribution in [1.82, 2.24) is 10.2 Å². The molecule has 0 aromatic heterocycles. The Bertz CT molecular complexity index is 268. The summed E-state index contributed by atoms with van der Waals surface area (Å²) in [6, 6.07) is -0.172. The van der Waals surface area contributed by atoms with Crippen molar-refractivity contribution in [3.05, 3.63) is 0 Å². The fourth-order valence-electron chi connectivity index (χ4n) is 1.99. The first kappa shape index (κ1) is 13.0. The highest BCUT2D eigenvalue weighted by molar-refractivity contribution is 5.81. The maximum absolute atomic E-state index is 11.6. The molecular formula is C11H20N2O3. The Labute approximate surface area is 96.1 Å². The van der Waals surface area contributed by atoms with Gasteiger partial charge >= 0.3 is 5.97 Å². The van der Waals surface area contributed by atoms with Crippen molar-refractivity contribution >= 4 is 11.9 Å². The minimum absolute atomic E-state index is 0.0213. The number of carbonyl (C=O) groups excluding carboxylic acids is 2. The average molecular weight is 228 g/mol. The Morgan fingerprint density at radius 2 is 2.25 bits per heavy atom. The quantitative estimate of drug-likeness (QED) is 0.688. The van der Waals surface area contributed by atoms with Crippen LogP contribution >= 0.6 is 0 Å². The third-order valence-corrected chi connectivity index (χ3v) is 3.03. The highest BCUT2D eigenvalue weighted by Crippen LogP contribution is 2.19. The van der Waals surface area contributed by atoms with Gasteiger partial charge in [0.05, 0.1) is 19.1 Å². The van der Waals surface area contributed by atoms with E-state index >= 15 is 0 Å². The van der Waals surface area contributed by atoms with E-state index in [9.17, 15) is 9.59 Å². The van der Waals surface area contributed by atoms with Crippen LogP contribution in [0.2, 0.25) is 0 Å². The molecule has 1 heterocycles. The van der Waals surface area contributed by atoms with Gasteiger partial charge in [-0.2, -0.15) is 0 Å². The highest BCUT2D eigenvalue weighted by Gasteiger charge is 2.33. The van der Waals surface area contributed by atoms with E-state index in [1.165, 1.54) is 7.11 Å². The molecule has 1 fully saturated rings. The van der Waals surface area contributed by atoms with Crippen LogP contribution in [-0.4, -0.2) is 49.6 Å². The lowest BCUT2D eigenvalue weighted by Gasteiger charge is -2.22. The van der Waals surface area contributed by atoms with Crippen molar-refractivity contribution < 1.29 is 14.3 Å². The number of esters is 1. The molecule has 5 nitrogen and oxygen atoms in total. The van der Waals surface area contributed by atoms with Gasteiger partial charge in [0.1, 0.15) is 0 Å². The van der Waals surface area contributed by atoms with E-state index in [4.69, 9.17) is 4.74 Å². The average Bonchev–Trinajstić information content (AvgIpc) is 2.76. The van der Waals surface area contributed by atoms with E-state index in [2.05, 4.69) is 5.32 Å². The maximum Gasteiger partial charge on any atom is 0.310 e. The lowest BCUT2D eigenvalue weighted by atomic mass is 10.1. The number of nitrogens with zero attached hydrogens (tertiary/aromatic N) is 1. The molecule has 1 rings (SSSR count). The van der Waals surface area contributed by atoms with Crippen molar-refractivity contribution in [1.29, 1.82) is 0 Å². The standard InChI is InChI=1S/C11H20N2O3/c1-4-12-10(14)8(2)13-6-5-9(7-13)11(15)16-3/h8-9H,4-7H2,1-3H3,(H,12,14). The number of ether oxygens (including phenoxy) is 1. The van der Waals surface area contributed by atoms with E-state index in [1.807, 2.05) is 18.7 Å². The van der Waals surface area contributed by atoms with Crippen molar-refractivity contribution in [3.63, 3.8) is 0 Å². The number of nitrogens with one attached hydrogen (secondary N) is 1. The van der Waals surface area contributed by atoms with Gasteiger partial charge in [-0.1, -0.05) is 0 Å². The van der Waals surface area contributed by atoms with Gasteiger partial charge in [0.15, 0.2) is 0 Å². The number of methoxy groups -OCH3 is 1. The first-order valence-corrected chi connectivity index (χ1v) is 5.69. The molecule has 2 atom stereocenters. The molecule has 2 unspecified atom stereocenters. The van der Waals surface area contributed by atoms with Crippen LogP contribution in [-0.2, 0) is 14.3 Å². The normalized spacial score (nSPS) is 22.8. The maximum atomic E-state index is 11.6. The lowest BCUT2D eigenvalue weighted by Crippen LogP contribution is -2.44. The van der Waals surface area contributed by atoms with Crippen molar-refractivity contribution in [2.75, 3.05) is 26.7 Å². The zero-order valence-corrected chi connectivity index (χ0v) is 10.2. The Hall–Kier alpha value is -1.10. The molecule has 1 N–H and O–H groups in total. The first-order valence-electron chi connectivity index (χ1n) is 5.69. The third kappa shape index (κ3) is 2.95. The summed E-state index contributed by atoms with van der Waals surface area (Å²) in [6.45, 7) is 5.79. The minimum Gasteiger partial charge on any atom is -0.469 e. The first-order chi connectivity index (χ1) is 7.60. The molecule has 0 radical (unpaired) electrons. The van der Waals surface area contributed by atoms with Gasteiger partial charge in [-0.25, -0.2) is 0 Å². The van der Waals surface area contributed by atoms with Crippen molar-refractivity contribution in [3.8, 4) is 0 Å². The number of carbonyl (C=O) groups is 2. The SMILES string of the molecule is CCNC(=O)C(C)N1CCC(C(=O)OC)C1. The molecule has 0 bridgehead atoms. The van der Waals surface area contributed by atoms with Crippen LogP contribution in [0.25, 0.3) is 0 Å². The second-order valence-corrected chi connectivity index (χ2v) is 4.07. The molecule has 5 heteroatoms. The Morgan fingerprint density at radius 3 is 2.81 bits per heavy atom. The van der Waals surface area contributed by atoms with Gasteiger partial charge in [0.2, 0.25) is 5.91 Å². The predicted octanol–water partition coefficient (Wildman–Crippen LogP) is 0.00590. The molecule has 1 aliphatic rings. The van der Waals surface area contributed by atoms with Gasteiger partial charge < -0.3 is 10.1 Å².